The van der Waals surface area contributed by atoms with Gasteiger partial charge in [-0.1, -0.05) is 0 Å². The van der Waals surface area contributed by atoms with E-state index < -0.39 is 27.2 Å². The molecule has 0 saturated carbocycles. The van der Waals surface area contributed by atoms with E-state index in [4.69, 9.17) is 4.74 Å². The minimum Gasteiger partial charge on any atom is -0.466 e. The summed E-state index contributed by atoms with van der Waals surface area (Å²) >= 11 is 0. The van der Waals surface area contributed by atoms with Gasteiger partial charge in [-0.25, -0.2) is 22.1 Å². The summed E-state index contributed by atoms with van der Waals surface area (Å²) in [5, 5.41) is -1.43. The molecule has 0 bridgehead atoms. The number of hydrogen-bond acceptors (Lipinski definition) is 6. The molecule has 1 saturated heterocycles. The highest BCUT2D eigenvalue weighted by molar-refractivity contribution is 7.91. The maximum atomic E-state index is 12.7. The van der Waals surface area contributed by atoms with Gasteiger partial charge in [0.15, 0.2) is 0 Å². The zero-order chi connectivity index (χ0) is 18.1. The lowest BCUT2D eigenvalue weighted by Crippen LogP contribution is -2.57. The standard InChI is InChI=1S/C14H22N3O6S/c1-4-23-13(19)10-5-7-17(8-6-10)24(21,22)11-9-15(2)14(20)16(3)12(11)18/h9-11H,4-8H2,1-3H3/q+1. The van der Waals surface area contributed by atoms with Crippen LogP contribution < -0.4 is 0 Å². The van der Waals surface area contributed by atoms with Crippen molar-refractivity contribution in [3.63, 3.8) is 0 Å². The van der Waals surface area contributed by atoms with Crippen LogP contribution in [0.2, 0.25) is 0 Å². The Morgan fingerprint density at radius 2 is 1.92 bits per heavy atom. The van der Waals surface area contributed by atoms with Crippen LogP contribution in [0, 0.1) is 5.92 Å². The van der Waals surface area contributed by atoms with E-state index >= 15 is 0 Å². The zero-order valence-electron chi connectivity index (χ0n) is 14.0. The Hall–Kier alpha value is -1.81. The molecule has 9 nitrogen and oxygen atoms in total. The molecule has 2 aliphatic heterocycles. The summed E-state index contributed by atoms with van der Waals surface area (Å²) in [4.78, 5) is 36.4. The fourth-order valence-corrected chi connectivity index (χ4v) is 4.61. The molecule has 1 fully saturated rings. The van der Waals surface area contributed by atoms with Crippen molar-refractivity contribution in [2.45, 2.75) is 25.0 Å². The van der Waals surface area contributed by atoms with Crippen molar-refractivity contribution in [1.82, 2.24) is 9.21 Å². The molecule has 0 aromatic carbocycles. The van der Waals surface area contributed by atoms with Crippen molar-refractivity contribution < 1.29 is 32.1 Å². The third-order valence-corrected chi connectivity index (χ3v) is 6.33. The number of piperidine rings is 1. The lowest BCUT2D eigenvalue weighted by atomic mass is 9.98. The van der Waals surface area contributed by atoms with Crippen LogP contribution in [0.3, 0.4) is 0 Å². The SMILES string of the molecule is CCOC(=O)C1CCN(S(=O)(=O)C2C=[N+](C)C(=O)N(C)C2=O)CC1. The Kier molecular flexibility index (Phi) is 5.38. The van der Waals surface area contributed by atoms with E-state index in [1.807, 2.05) is 0 Å². The lowest BCUT2D eigenvalue weighted by molar-refractivity contribution is -0.399. The number of carbonyl (C=O) groups is 3. The maximum Gasteiger partial charge on any atom is 0.500 e. The Labute approximate surface area is 140 Å². The number of imide groups is 1. The molecule has 0 aromatic heterocycles. The summed E-state index contributed by atoms with van der Waals surface area (Å²) in [6.45, 7) is 2.29. The number of nitrogens with zero attached hydrogens (tertiary/aromatic N) is 3. The predicted octanol–water partition coefficient (Wildman–Crippen LogP) is -0.735. The van der Waals surface area contributed by atoms with E-state index in [1.165, 1.54) is 18.4 Å². The van der Waals surface area contributed by atoms with Crippen LogP contribution in [-0.4, -0.2) is 85.4 Å². The number of rotatable bonds is 4. The summed E-state index contributed by atoms with van der Waals surface area (Å²) in [6.07, 6.45) is 1.82. The van der Waals surface area contributed by atoms with Crippen LogP contribution in [0.15, 0.2) is 0 Å². The first-order valence-electron chi connectivity index (χ1n) is 7.75. The van der Waals surface area contributed by atoms with Gasteiger partial charge in [-0.05, 0) is 19.8 Å². The highest BCUT2D eigenvalue weighted by Crippen LogP contribution is 2.23. The number of carbonyl (C=O) groups excluding carboxylic acids is 3. The predicted molar refractivity (Wildman–Crippen MR) is 84.1 cm³/mol. The second-order valence-corrected chi connectivity index (χ2v) is 7.88. The van der Waals surface area contributed by atoms with Crippen LogP contribution in [0.5, 0.6) is 0 Å². The molecule has 0 N–H and O–H groups in total. The second-order valence-electron chi connectivity index (χ2n) is 5.83. The quantitative estimate of drug-likeness (QED) is 0.483. The molecule has 0 radical (unpaired) electrons. The first-order chi connectivity index (χ1) is 11.2. The maximum absolute atomic E-state index is 12.7. The van der Waals surface area contributed by atoms with Gasteiger partial charge >= 0.3 is 17.9 Å². The van der Waals surface area contributed by atoms with E-state index in [-0.39, 0.29) is 31.6 Å². The Bertz CT molecular complexity index is 679. The van der Waals surface area contributed by atoms with Gasteiger partial charge < -0.3 is 4.74 Å². The van der Waals surface area contributed by atoms with Gasteiger partial charge in [-0.15, -0.1) is 0 Å². The molecule has 0 aromatic rings. The molecular formula is C14H22N3O6S+. The third-order valence-electron chi connectivity index (χ3n) is 4.28. The number of ether oxygens (including phenoxy) is 1. The second kappa shape index (κ2) is 6.98. The number of esters is 1. The molecule has 134 valence electrons. The number of sulfonamides is 1. The zero-order valence-corrected chi connectivity index (χ0v) is 14.8. The minimum absolute atomic E-state index is 0.144. The van der Waals surface area contributed by atoms with Crippen LogP contribution in [0.25, 0.3) is 0 Å². The number of hydrogen-bond donors (Lipinski definition) is 0. The van der Waals surface area contributed by atoms with Crippen molar-refractivity contribution in [2.75, 3.05) is 33.8 Å². The van der Waals surface area contributed by atoms with Gasteiger partial charge in [0.1, 0.15) is 6.21 Å². The molecule has 1 atom stereocenters. The monoisotopic (exact) mass is 360 g/mol. The van der Waals surface area contributed by atoms with Crippen molar-refractivity contribution >= 4 is 34.1 Å². The highest BCUT2D eigenvalue weighted by Gasteiger charge is 2.49. The van der Waals surface area contributed by atoms with E-state index in [0.717, 1.165) is 15.7 Å². The molecule has 10 heteroatoms. The van der Waals surface area contributed by atoms with Crippen LogP contribution in [0.1, 0.15) is 19.8 Å². The molecule has 2 aliphatic rings. The summed E-state index contributed by atoms with van der Waals surface area (Å²) < 4.78 is 32.7. The summed E-state index contributed by atoms with van der Waals surface area (Å²) in [6, 6.07) is -0.576. The number of amides is 3. The van der Waals surface area contributed by atoms with E-state index in [1.54, 1.807) is 6.92 Å². The molecule has 24 heavy (non-hydrogen) atoms. The fraction of sp³-hybridized carbons (Fsp3) is 0.714. The minimum atomic E-state index is -3.94. The van der Waals surface area contributed by atoms with E-state index in [9.17, 15) is 22.8 Å². The largest absolute Gasteiger partial charge is 0.500 e. The van der Waals surface area contributed by atoms with Gasteiger partial charge in [0.25, 0.3) is 0 Å². The topological polar surface area (TPSA) is 104 Å². The molecule has 2 heterocycles. The van der Waals surface area contributed by atoms with Crippen molar-refractivity contribution in [3.05, 3.63) is 0 Å². The summed E-state index contributed by atoms with van der Waals surface area (Å²) in [7, 11) is -1.29. The normalized spacial score (nSPS) is 24.0. The van der Waals surface area contributed by atoms with Crippen LogP contribution >= 0.6 is 0 Å². The Morgan fingerprint density at radius 1 is 1.33 bits per heavy atom. The Balaban J connectivity index is 2.13. The van der Waals surface area contributed by atoms with Crippen LogP contribution in [-0.2, 0) is 24.3 Å². The fourth-order valence-electron chi connectivity index (χ4n) is 2.82. The Morgan fingerprint density at radius 3 is 2.46 bits per heavy atom. The third kappa shape index (κ3) is 3.34. The summed E-state index contributed by atoms with van der Waals surface area (Å²) in [5.41, 5.74) is 0. The first-order valence-corrected chi connectivity index (χ1v) is 9.25. The highest BCUT2D eigenvalue weighted by atomic mass is 32.2. The average Bonchev–Trinajstić information content (AvgIpc) is 2.56. The first kappa shape index (κ1) is 18.5. The van der Waals surface area contributed by atoms with Gasteiger partial charge in [-0.2, -0.15) is 9.69 Å². The van der Waals surface area contributed by atoms with E-state index in [2.05, 4.69) is 0 Å². The van der Waals surface area contributed by atoms with Gasteiger partial charge in [0.05, 0.1) is 26.6 Å². The molecule has 0 aliphatic carbocycles. The van der Waals surface area contributed by atoms with Crippen molar-refractivity contribution in [3.8, 4) is 0 Å². The summed E-state index contributed by atoms with van der Waals surface area (Å²) in [5.74, 6) is -1.42. The smallest absolute Gasteiger partial charge is 0.466 e. The van der Waals surface area contributed by atoms with Gasteiger partial charge in [-0.3, -0.25) is 4.79 Å². The average molecular weight is 360 g/mol. The van der Waals surface area contributed by atoms with Crippen molar-refractivity contribution in [2.24, 2.45) is 5.92 Å². The van der Waals surface area contributed by atoms with Gasteiger partial charge in [0, 0.05) is 13.1 Å². The molecule has 3 amide bonds. The molecule has 2 rings (SSSR count). The van der Waals surface area contributed by atoms with Crippen LogP contribution in [0.4, 0.5) is 4.79 Å². The van der Waals surface area contributed by atoms with Gasteiger partial charge in [0.2, 0.25) is 15.3 Å². The molecule has 1 unspecified atom stereocenters. The van der Waals surface area contributed by atoms with E-state index in [0.29, 0.717) is 12.8 Å². The van der Waals surface area contributed by atoms with Crippen molar-refractivity contribution in [1.29, 1.82) is 0 Å². The molecular weight excluding hydrogens is 338 g/mol. The lowest BCUT2D eigenvalue weighted by Gasteiger charge is -2.32. The number of urea groups is 1. The molecule has 0 spiro atoms.